The lowest BCUT2D eigenvalue weighted by molar-refractivity contribution is 0.102. The summed E-state index contributed by atoms with van der Waals surface area (Å²) in [5, 5.41) is 6.25. The Morgan fingerprint density at radius 1 is 0.815 bits per heavy atom. The van der Waals surface area contributed by atoms with E-state index >= 15 is 0 Å². The van der Waals surface area contributed by atoms with Crippen molar-refractivity contribution in [3.63, 3.8) is 0 Å². The van der Waals surface area contributed by atoms with Crippen molar-refractivity contribution < 1.29 is 14.3 Å². The third kappa shape index (κ3) is 4.58. The second kappa shape index (κ2) is 8.27. The average molecular weight is 362 g/mol. The maximum absolute atomic E-state index is 12.5. The van der Waals surface area contributed by atoms with Crippen molar-refractivity contribution in [3.8, 4) is 11.5 Å². The number of hydrogen-bond donors (Lipinski definition) is 2. The molecule has 5 nitrogen and oxygen atoms in total. The molecule has 0 saturated carbocycles. The molecule has 0 unspecified atom stereocenters. The largest absolute Gasteiger partial charge is 0.497 e. The first-order chi connectivity index (χ1) is 13.1. The SMILES string of the molecule is COc1cc(OC)cc(C(=O)Nc2ccc(Nc3ccccc3C)cc2)c1. The highest BCUT2D eigenvalue weighted by Crippen LogP contribution is 2.24. The Hall–Kier alpha value is -3.47. The Balaban J connectivity index is 1.71. The van der Waals surface area contributed by atoms with Gasteiger partial charge in [0.1, 0.15) is 11.5 Å². The van der Waals surface area contributed by atoms with Crippen molar-refractivity contribution in [3.05, 3.63) is 77.9 Å². The molecule has 0 radical (unpaired) electrons. The zero-order chi connectivity index (χ0) is 19.2. The van der Waals surface area contributed by atoms with Gasteiger partial charge in [-0.1, -0.05) is 18.2 Å². The van der Waals surface area contributed by atoms with Gasteiger partial charge in [-0.3, -0.25) is 4.79 Å². The van der Waals surface area contributed by atoms with Gasteiger partial charge in [0, 0.05) is 28.7 Å². The Morgan fingerprint density at radius 2 is 1.41 bits per heavy atom. The standard InChI is InChI=1S/C22H22N2O3/c1-15-6-4-5-7-21(15)23-17-8-10-18(11-9-17)24-22(25)16-12-19(26-2)14-20(13-16)27-3/h4-14,23H,1-3H3,(H,24,25). The molecule has 0 aromatic heterocycles. The van der Waals surface area contributed by atoms with Gasteiger partial charge in [0.15, 0.2) is 0 Å². The number of benzene rings is 3. The Morgan fingerprint density at radius 3 is 2.00 bits per heavy atom. The molecule has 0 aliphatic heterocycles. The van der Waals surface area contributed by atoms with Crippen LogP contribution in [-0.2, 0) is 0 Å². The van der Waals surface area contributed by atoms with E-state index in [1.54, 1.807) is 32.4 Å². The monoisotopic (exact) mass is 362 g/mol. The molecule has 0 fully saturated rings. The van der Waals surface area contributed by atoms with Gasteiger partial charge >= 0.3 is 0 Å². The molecule has 0 aliphatic rings. The highest BCUT2D eigenvalue weighted by Gasteiger charge is 2.10. The molecule has 3 aromatic rings. The van der Waals surface area contributed by atoms with Gasteiger partial charge in [-0.25, -0.2) is 0 Å². The predicted octanol–water partition coefficient (Wildman–Crippen LogP) is 5.01. The van der Waals surface area contributed by atoms with Gasteiger partial charge in [0.2, 0.25) is 0 Å². The highest BCUT2D eigenvalue weighted by atomic mass is 16.5. The summed E-state index contributed by atoms with van der Waals surface area (Å²) in [5.41, 5.74) is 4.34. The molecule has 2 N–H and O–H groups in total. The zero-order valence-corrected chi connectivity index (χ0v) is 15.6. The first kappa shape index (κ1) is 18.3. The Labute approximate surface area is 158 Å². The first-order valence-electron chi connectivity index (χ1n) is 8.56. The number of carbonyl (C=O) groups excluding carboxylic acids is 1. The van der Waals surface area contributed by atoms with Crippen molar-refractivity contribution in [1.82, 2.24) is 0 Å². The van der Waals surface area contributed by atoms with Crippen LogP contribution in [0.1, 0.15) is 15.9 Å². The molecule has 27 heavy (non-hydrogen) atoms. The number of amides is 1. The quantitative estimate of drug-likeness (QED) is 0.647. The van der Waals surface area contributed by atoms with E-state index in [4.69, 9.17) is 9.47 Å². The van der Waals surface area contributed by atoms with E-state index in [0.717, 1.165) is 11.4 Å². The Kier molecular flexibility index (Phi) is 5.61. The number of ether oxygens (including phenoxy) is 2. The molecular formula is C22H22N2O3. The number of para-hydroxylation sites is 1. The predicted molar refractivity (Wildman–Crippen MR) is 108 cm³/mol. The number of aryl methyl sites for hydroxylation is 1. The summed E-state index contributed by atoms with van der Waals surface area (Å²) >= 11 is 0. The Bertz CT molecular complexity index is 914. The number of rotatable bonds is 6. The fourth-order valence-electron chi connectivity index (χ4n) is 2.65. The molecule has 1 amide bonds. The fraction of sp³-hybridized carbons (Fsp3) is 0.136. The van der Waals surface area contributed by atoms with E-state index in [9.17, 15) is 4.79 Å². The van der Waals surface area contributed by atoms with Crippen LogP contribution < -0.4 is 20.1 Å². The summed E-state index contributed by atoms with van der Waals surface area (Å²) < 4.78 is 10.4. The van der Waals surface area contributed by atoms with Crippen molar-refractivity contribution in [2.24, 2.45) is 0 Å². The smallest absolute Gasteiger partial charge is 0.255 e. The minimum Gasteiger partial charge on any atom is -0.497 e. The molecule has 3 aromatic carbocycles. The number of nitrogens with one attached hydrogen (secondary N) is 2. The second-order valence-corrected chi connectivity index (χ2v) is 6.07. The molecule has 0 heterocycles. The van der Waals surface area contributed by atoms with E-state index in [1.807, 2.05) is 42.5 Å². The number of hydrogen-bond acceptors (Lipinski definition) is 4. The van der Waals surface area contributed by atoms with E-state index in [0.29, 0.717) is 22.7 Å². The van der Waals surface area contributed by atoms with Crippen LogP contribution in [-0.4, -0.2) is 20.1 Å². The van der Waals surface area contributed by atoms with E-state index in [2.05, 4.69) is 23.6 Å². The van der Waals surface area contributed by atoms with Crippen LogP contribution in [0, 0.1) is 6.92 Å². The molecule has 3 rings (SSSR count). The molecule has 0 bridgehead atoms. The minimum absolute atomic E-state index is 0.230. The van der Waals surface area contributed by atoms with Gasteiger partial charge in [-0.05, 0) is 55.0 Å². The van der Waals surface area contributed by atoms with Crippen LogP contribution >= 0.6 is 0 Å². The van der Waals surface area contributed by atoms with E-state index in [-0.39, 0.29) is 5.91 Å². The highest BCUT2D eigenvalue weighted by molar-refractivity contribution is 6.04. The van der Waals surface area contributed by atoms with Gasteiger partial charge in [-0.15, -0.1) is 0 Å². The van der Waals surface area contributed by atoms with Gasteiger partial charge < -0.3 is 20.1 Å². The summed E-state index contributed by atoms with van der Waals surface area (Å²) in [4.78, 5) is 12.5. The van der Waals surface area contributed by atoms with Crippen LogP contribution in [0.2, 0.25) is 0 Å². The molecule has 0 aliphatic carbocycles. The van der Waals surface area contributed by atoms with Crippen molar-refractivity contribution in [2.75, 3.05) is 24.9 Å². The fourth-order valence-corrected chi connectivity index (χ4v) is 2.65. The summed E-state index contributed by atoms with van der Waals surface area (Å²) in [6.07, 6.45) is 0. The summed E-state index contributed by atoms with van der Waals surface area (Å²) in [7, 11) is 3.10. The van der Waals surface area contributed by atoms with Crippen LogP contribution in [0.4, 0.5) is 17.1 Å². The third-order valence-electron chi connectivity index (χ3n) is 4.18. The van der Waals surface area contributed by atoms with Gasteiger partial charge in [0.25, 0.3) is 5.91 Å². The minimum atomic E-state index is -0.230. The topological polar surface area (TPSA) is 59.6 Å². The maximum atomic E-state index is 12.5. The summed E-state index contributed by atoms with van der Waals surface area (Å²) in [6, 6.07) is 20.7. The lowest BCUT2D eigenvalue weighted by atomic mass is 10.1. The zero-order valence-electron chi connectivity index (χ0n) is 15.6. The van der Waals surface area contributed by atoms with Crippen LogP contribution in [0.5, 0.6) is 11.5 Å². The molecular weight excluding hydrogens is 340 g/mol. The maximum Gasteiger partial charge on any atom is 0.255 e. The average Bonchev–Trinajstić information content (AvgIpc) is 2.70. The normalized spacial score (nSPS) is 10.2. The summed E-state index contributed by atoms with van der Waals surface area (Å²) in [5.74, 6) is 0.904. The van der Waals surface area contributed by atoms with Crippen LogP contribution in [0.25, 0.3) is 0 Å². The molecule has 0 spiro atoms. The van der Waals surface area contributed by atoms with Crippen LogP contribution in [0.3, 0.4) is 0 Å². The summed E-state index contributed by atoms with van der Waals surface area (Å²) in [6.45, 7) is 2.05. The number of anilines is 3. The molecule has 0 atom stereocenters. The van der Waals surface area contributed by atoms with Crippen LogP contribution in [0.15, 0.2) is 66.7 Å². The number of carbonyl (C=O) groups is 1. The third-order valence-corrected chi connectivity index (χ3v) is 4.18. The lowest BCUT2D eigenvalue weighted by Crippen LogP contribution is -2.12. The first-order valence-corrected chi connectivity index (χ1v) is 8.56. The van der Waals surface area contributed by atoms with E-state index < -0.39 is 0 Å². The molecule has 0 saturated heterocycles. The van der Waals surface area contributed by atoms with Crippen molar-refractivity contribution in [1.29, 1.82) is 0 Å². The second-order valence-electron chi connectivity index (χ2n) is 6.07. The van der Waals surface area contributed by atoms with E-state index in [1.165, 1.54) is 5.56 Å². The van der Waals surface area contributed by atoms with Gasteiger partial charge in [0.05, 0.1) is 14.2 Å². The lowest BCUT2D eigenvalue weighted by Gasteiger charge is -2.11. The molecule has 5 heteroatoms. The van der Waals surface area contributed by atoms with Gasteiger partial charge in [-0.2, -0.15) is 0 Å². The van der Waals surface area contributed by atoms with Crippen molar-refractivity contribution >= 4 is 23.0 Å². The number of methoxy groups -OCH3 is 2. The molecule has 138 valence electrons. The van der Waals surface area contributed by atoms with Crippen molar-refractivity contribution in [2.45, 2.75) is 6.92 Å².